The number of aromatic nitrogens is 1. The highest BCUT2D eigenvalue weighted by atomic mass is 32.1. The number of nitrogens with zero attached hydrogens (tertiary/aromatic N) is 3. The topological polar surface area (TPSA) is 118 Å². The molecular formula is C15H17N5O3S. The summed E-state index contributed by atoms with van der Waals surface area (Å²) >= 11 is 5.02. The first-order valence-electron chi connectivity index (χ1n) is 6.98. The van der Waals surface area contributed by atoms with Gasteiger partial charge in [0.2, 0.25) is 0 Å². The van der Waals surface area contributed by atoms with Crippen molar-refractivity contribution in [1.29, 1.82) is 0 Å². The van der Waals surface area contributed by atoms with Crippen LogP contribution in [0.5, 0.6) is 0 Å². The van der Waals surface area contributed by atoms with Crippen molar-refractivity contribution in [2.45, 2.75) is 19.4 Å². The van der Waals surface area contributed by atoms with Crippen molar-refractivity contribution in [1.82, 2.24) is 4.98 Å². The van der Waals surface area contributed by atoms with Crippen LogP contribution >= 0.6 is 12.2 Å². The molecule has 126 valence electrons. The Bertz CT molecular complexity index is 741. The average Bonchev–Trinajstić information content (AvgIpc) is 2.52. The lowest BCUT2D eigenvalue weighted by atomic mass is 10.0. The summed E-state index contributed by atoms with van der Waals surface area (Å²) < 4.78 is 0. The molecule has 0 aliphatic heterocycles. The fraction of sp³-hybridized carbons (Fsp3) is 0.200. The van der Waals surface area contributed by atoms with Crippen LogP contribution in [0.25, 0.3) is 0 Å². The largest absolute Gasteiger partial charge is 0.386 e. The Morgan fingerprint density at radius 2 is 1.96 bits per heavy atom. The smallest absolute Gasteiger partial charge is 0.269 e. The number of aliphatic hydroxyl groups is 1. The number of non-ortho nitro benzene ring substituents is 1. The third-order valence-electron chi connectivity index (χ3n) is 3.22. The Morgan fingerprint density at radius 1 is 1.33 bits per heavy atom. The standard InChI is InChI=1S/C15H17N5O3S/c1-15(2,21)10-3-8-13(17-9-10)19(14(16)24)18-11-4-6-12(7-5-11)20(22)23/h3-9,18,21H,1-2H3,(H2,16,24). The van der Waals surface area contributed by atoms with E-state index in [2.05, 4.69) is 10.4 Å². The Labute approximate surface area is 144 Å². The van der Waals surface area contributed by atoms with E-state index >= 15 is 0 Å². The number of hydrogen-bond donors (Lipinski definition) is 3. The van der Waals surface area contributed by atoms with E-state index in [0.29, 0.717) is 17.1 Å². The molecule has 0 amide bonds. The van der Waals surface area contributed by atoms with Crippen molar-refractivity contribution >= 4 is 34.5 Å². The van der Waals surface area contributed by atoms with Crippen molar-refractivity contribution in [2.24, 2.45) is 5.73 Å². The van der Waals surface area contributed by atoms with Crippen LogP contribution in [0.4, 0.5) is 17.2 Å². The minimum atomic E-state index is -1.01. The van der Waals surface area contributed by atoms with E-state index in [9.17, 15) is 15.2 Å². The molecular weight excluding hydrogens is 330 g/mol. The van der Waals surface area contributed by atoms with E-state index in [1.54, 1.807) is 26.0 Å². The molecule has 0 bridgehead atoms. The molecule has 8 nitrogen and oxygen atoms in total. The summed E-state index contributed by atoms with van der Waals surface area (Å²) in [5.41, 5.74) is 8.83. The number of hydrogen-bond acceptors (Lipinski definition) is 6. The summed E-state index contributed by atoms with van der Waals surface area (Å²) in [6.07, 6.45) is 1.53. The first-order chi connectivity index (χ1) is 11.2. The maximum absolute atomic E-state index is 10.7. The summed E-state index contributed by atoms with van der Waals surface area (Å²) in [5.74, 6) is 0.425. The zero-order valence-corrected chi connectivity index (χ0v) is 13.9. The van der Waals surface area contributed by atoms with Crippen molar-refractivity contribution in [3.8, 4) is 0 Å². The van der Waals surface area contributed by atoms with E-state index in [-0.39, 0.29) is 10.8 Å². The monoisotopic (exact) mass is 347 g/mol. The van der Waals surface area contributed by atoms with Gasteiger partial charge in [-0.05, 0) is 44.3 Å². The molecule has 1 aromatic carbocycles. The van der Waals surface area contributed by atoms with Crippen molar-refractivity contribution in [2.75, 3.05) is 10.4 Å². The SMILES string of the molecule is CC(C)(O)c1ccc(N(Nc2ccc([N+](=O)[O-])cc2)C(N)=S)nc1. The second-order valence-electron chi connectivity index (χ2n) is 5.55. The van der Waals surface area contributed by atoms with Crippen LogP contribution < -0.4 is 16.2 Å². The number of benzene rings is 1. The number of nitro groups is 1. The zero-order chi connectivity index (χ0) is 17.9. The highest BCUT2D eigenvalue weighted by Crippen LogP contribution is 2.22. The molecule has 0 saturated heterocycles. The number of rotatable bonds is 5. The summed E-state index contributed by atoms with van der Waals surface area (Å²) in [7, 11) is 0. The lowest BCUT2D eigenvalue weighted by molar-refractivity contribution is -0.384. The molecule has 0 aliphatic carbocycles. The molecule has 0 saturated carbocycles. The quantitative estimate of drug-likeness (QED) is 0.428. The van der Waals surface area contributed by atoms with Crippen LogP contribution in [-0.2, 0) is 5.60 Å². The molecule has 0 fully saturated rings. The van der Waals surface area contributed by atoms with Gasteiger partial charge < -0.3 is 10.8 Å². The molecule has 1 heterocycles. The molecule has 0 atom stereocenters. The Morgan fingerprint density at radius 3 is 2.38 bits per heavy atom. The summed E-state index contributed by atoms with van der Waals surface area (Å²) in [6, 6.07) is 9.18. The van der Waals surface area contributed by atoms with Gasteiger partial charge in [-0.1, -0.05) is 6.07 Å². The Kier molecular flexibility index (Phi) is 4.96. The van der Waals surface area contributed by atoms with Crippen molar-refractivity contribution in [3.05, 3.63) is 58.3 Å². The maximum atomic E-state index is 10.7. The van der Waals surface area contributed by atoms with E-state index in [1.807, 2.05) is 0 Å². The molecule has 0 radical (unpaired) electrons. The van der Waals surface area contributed by atoms with Gasteiger partial charge in [0, 0.05) is 23.9 Å². The molecule has 0 spiro atoms. The van der Waals surface area contributed by atoms with E-state index in [1.165, 1.54) is 35.5 Å². The number of pyridine rings is 1. The lowest BCUT2D eigenvalue weighted by Gasteiger charge is -2.24. The minimum absolute atomic E-state index is 0.0184. The number of nitrogens with two attached hydrogens (primary N) is 1. The van der Waals surface area contributed by atoms with Crippen LogP contribution in [0.2, 0.25) is 0 Å². The van der Waals surface area contributed by atoms with Gasteiger partial charge in [-0.2, -0.15) is 0 Å². The first kappa shape index (κ1) is 17.6. The molecule has 24 heavy (non-hydrogen) atoms. The van der Waals surface area contributed by atoms with Crippen molar-refractivity contribution in [3.63, 3.8) is 0 Å². The number of hydrazine groups is 1. The van der Waals surface area contributed by atoms with Crippen molar-refractivity contribution < 1.29 is 10.0 Å². The van der Waals surface area contributed by atoms with Gasteiger partial charge in [-0.25, -0.2) is 9.99 Å². The highest BCUT2D eigenvalue weighted by molar-refractivity contribution is 7.80. The number of thiocarbonyl (C=S) groups is 1. The lowest BCUT2D eigenvalue weighted by Crippen LogP contribution is -2.40. The fourth-order valence-electron chi connectivity index (χ4n) is 1.89. The average molecular weight is 347 g/mol. The molecule has 2 aromatic rings. The number of nitrogens with one attached hydrogen (secondary N) is 1. The van der Waals surface area contributed by atoms with E-state index in [4.69, 9.17) is 18.0 Å². The first-order valence-corrected chi connectivity index (χ1v) is 7.39. The maximum Gasteiger partial charge on any atom is 0.269 e. The van der Waals surface area contributed by atoms with Crippen LogP contribution in [0.1, 0.15) is 19.4 Å². The summed E-state index contributed by atoms with van der Waals surface area (Å²) in [5, 5.41) is 22.0. The molecule has 4 N–H and O–H groups in total. The van der Waals surface area contributed by atoms with Crippen LogP contribution in [-0.4, -0.2) is 20.1 Å². The van der Waals surface area contributed by atoms with Crippen LogP contribution in [0.3, 0.4) is 0 Å². The fourth-order valence-corrected chi connectivity index (χ4v) is 2.03. The molecule has 0 aliphatic rings. The number of anilines is 2. The van der Waals surface area contributed by atoms with E-state index in [0.717, 1.165) is 0 Å². The second-order valence-corrected chi connectivity index (χ2v) is 5.97. The van der Waals surface area contributed by atoms with Gasteiger partial charge in [0.15, 0.2) is 10.9 Å². The van der Waals surface area contributed by atoms with Gasteiger partial charge in [-0.15, -0.1) is 0 Å². The Hall–Kier alpha value is -2.78. The van der Waals surface area contributed by atoms with Gasteiger partial charge in [0.25, 0.3) is 5.69 Å². The third-order valence-corrected chi connectivity index (χ3v) is 3.41. The normalized spacial score (nSPS) is 11.0. The summed E-state index contributed by atoms with van der Waals surface area (Å²) in [4.78, 5) is 14.4. The van der Waals surface area contributed by atoms with Gasteiger partial charge >= 0.3 is 0 Å². The molecule has 9 heteroatoms. The van der Waals surface area contributed by atoms with E-state index < -0.39 is 10.5 Å². The van der Waals surface area contributed by atoms with Crippen LogP contribution in [0, 0.1) is 10.1 Å². The van der Waals surface area contributed by atoms with Gasteiger partial charge in [0.05, 0.1) is 16.2 Å². The van der Waals surface area contributed by atoms with Crippen LogP contribution in [0.15, 0.2) is 42.6 Å². The molecule has 0 unspecified atom stereocenters. The molecule has 2 rings (SSSR count). The second kappa shape index (κ2) is 6.77. The third kappa shape index (κ3) is 4.15. The highest BCUT2D eigenvalue weighted by Gasteiger charge is 2.18. The summed E-state index contributed by atoms with van der Waals surface area (Å²) in [6.45, 7) is 3.31. The van der Waals surface area contributed by atoms with Gasteiger partial charge in [0.1, 0.15) is 0 Å². The molecule has 1 aromatic heterocycles. The minimum Gasteiger partial charge on any atom is -0.386 e. The zero-order valence-electron chi connectivity index (χ0n) is 13.1. The predicted octanol–water partition coefficient (Wildman–Crippen LogP) is 2.29. The number of nitro benzene ring substituents is 1. The Balaban J connectivity index is 2.23. The van der Waals surface area contributed by atoms with Gasteiger partial charge in [-0.3, -0.25) is 15.5 Å². The predicted molar refractivity (Wildman–Crippen MR) is 95.5 cm³/mol.